The lowest BCUT2D eigenvalue weighted by atomic mass is 10.2. The summed E-state index contributed by atoms with van der Waals surface area (Å²) in [5, 5.41) is 18.4. The second kappa shape index (κ2) is 6.63. The average molecular weight is 320 g/mol. The molecule has 1 aromatic heterocycles. The van der Waals surface area contributed by atoms with Crippen LogP contribution < -0.4 is 0 Å². The number of halogens is 2. The first-order valence-electron chi connectivity index (χ1n) is 5.53. The van der Waals surface area contributed by atoms with Crippen LogP contribution in [0.15, 0.2) is 35.2 Å². The number of thioether (sulfide) groups is 1. The molecule has 0 aliphatic rings. The van der Waals surface area contributed by atoms with Gasteiger partial charge in [-0.15, -0.1) is 11.8 Å². The van der Waals surface area contributed by atoms with E-state index in [0.29, 0.717) is 10.6 Å². The van der Waals surface area contributed by atoms with Crippen molar-refractivity contribution in [2.75, 3.05) is 0 Å². The minimum atomic E-state index is 0.0204. The number of nitriles is 2. The first-order chi connectivity index (χ1) is 9.67. The van der Waals surface area contributed by atoms with Crippen molar-refractivity contribution >= 4 is 35.0 Å². The zero-order valence-electron chi connectivity index (χ0n) is 10.1. The molecule has 0 unspecified atom stereocenters. The summed E-state index contributed by atoms with van der Waals surface area (Å²) in [6.07, 6.45) is 0. The highest BCUT2D eigenvalue weighted by molar-refractivity contribution is 7.98. The summed E-state index contributed by atoms with van der Waals surface area (Å²) in [5.74, 6) is 0.612. The fourth-order valence-electron chi connectivity index (χ4n) is 1.58. The Labute approximate surface area is 130 Å². The van der Waals surface area contributed by atoms with Crippen molar-refractivity contribution in [1.29, 1.82) is 10.5 Å². The van der Waals surface area contributed by atoms with Gasteiger partial charge in [-0.1, -0.05) is 53.5 Å². The average Bonchev–Trinajstić information content (AvgIpc) is 2.46. The van der Waals surface area contributed by atoms with E-state index in [9.17, 15) is 0 Å². The normalized spacial score (nSPS) is 9.80. The summed E-state index contributed by atoms with van der Waals surface area (Å²) >= 11 is 13.2. The molecule has 0 saturated heterocycles. The fourth-order valence-corrected chi connectivity index (χ4v) is 3.25. The van der Waals surface area contributed by atoms with Crippen molar-refractivity contribution in [2.45, 2.75) is 10.6 Å². The molecule has 6 heteroatoms. The Balaban J connectivity index is 2.40. The predicted molar refractivity (Wildman–Crippen MR) is 79.7 cm³/mol. The van der Waals surface area contributed by atoms with Gasteiger partial charge in [0.1, 0.15) is 33.6 Å². The van der Waals surface area contributed by atoms with Gasteiger partial charge in [-0.3, -0.25) is 0 Å². The van der Waals surface area contributed by atoms with E-state index in [1.165, 1.54) is 11.8 Å². The van der Waals surface area contributed by atoms with Gasteiger partial charge in [0.2, 0.25) is 0 Å². The van der Waals surface area contributed by atoms with Crippen LogP contribution in [-0.2, 0) is 5.75 Å². The number of nitrogens with zero attached hydrogens (tertiary/aromatic N) is 3. The van der Waals surface area contributed by atoms with Crippen LogP contribution >= 0.6 is 35.0 Å². The predicted octanol–water partition coefficient (Wildman–Crippen LogP) is 4.42. The molecule has 0 saturated carbocycles. The summed E-state index contributed by atoms with van der Waals surface area (Å²) in [6, 6.07) is 13.7. The third-order valence-electron chi connectivity index (χ3n) is 2.51. The van der Waals surface area contributed by atoms with E-state index in [4.69, 9.17) is 33.7 Å². The van der Waals surface area contributed by atoms with Gasteiger partial charge in [-0.25, -0.2) is 4.98 Å². The summed E-state index contributed by atoms with van der Waals surface area (Å²) in [5.41, 5.74) is 1.46. The number of aromatic nitrogens is 1. The van der Waals surface area contributed by atoms with E-state index in [-0.39, 0.29) is 21.4 Å². The van der Waals surface area contributed by atoms with Crippen LogP contribution in [0.4, 0.5) is 0 Å². The second-order valence-corrected chi connectivity index (χ2v) is 5.47. The third kappa shape index (κ3) is 3.05. The molecule has 0 bridgehead atoms. The quantitative estimate of drug-likeness (QED) is 0.620. The Hall–Kier alpha value is -1.72. The summed E-state index contributed by atoms with van der Waals surface area (Å²) in [7, 11) is 0. The Morgan fingerprint density at radius 3 is 2.05 bits per heavy atom. The first kappa shape index (κ1) is 14.7. The molecule has 3 nitrogen and oxygen atoms in total. The lowest BCUT2D eigenvalue weighted by molar-refractivity contribution is 1.19. The summed E-state index contributed by atoms with van der Waals surface area (Å²) in [6.45, 7) is 0. The van der Waals surface area contributed by atoms with E-state index in [1.54, 1.807) is 0 Å². The minimum Gasteiger partial charge on any atom is -0.222 e. The van der Waals surface area contributed by atoms with Crippen LogP contribution in [0, 0.1) is 22.7 Å². The minimum absolute atomic E-state index is 0.0204. The molecule has 0 fully saturated rings. The molecular weight excluding hydrogens is 313 g/mol. The van der Waals surface area contributed by atoms with Crippen molar-refractivity contribution in [1.82, 2.24) is 4.98 Å². The number of hydrogen-bond acceptors (Lipinski definition) is 4. The highest BCUT2D eigenvalue weighted by Crippen LogP contribution is 2.35. The monoisotopic (exact) mass is 319 g/mol. The van der Waals surface area contributed by atoms with Gasteiger partial charge in [0, 0.05) is 10.6 Å². The Bertz CT molecular complexity index is 680. The molecule has 0 amide bonds. The molecule has 0 atom stereocenters. The molecule has 0 aliphatic carbocycles. The summed E-state index contributed by atoms with van der Waals surface area (Å²) in [4.78, 5) is 4.28. The van der Waals surface area contributed by atoms with Gasteiger partial charge in [0.25, 0.3) is 0 Å². The third-order valence-corrected chi connectivity index (χ3v) is 4.23. The SMILES string of the molecule is N#Cc1c(Cl)nc(Cl)c(C#N)c1SCc1ccccc1. The van der Waals surface area contributed by atoms with Crippen LogP contribution in [0.5, 0.6) is 0 Å². The molecular formula is C14H7Cl2N3S. The standard InChI is InChI=1S/C14H7Cl2N3S/c15-13-10(6-17)12(11(7-18)14(16)19-13)20-8-9-4-2-1-3-5-9/h1-5H,8H2. The molecule has 1 aromatic carbocycles. The fraction of sp³-hybridized carbons (Fsp3) is 0.0714. The number of hydrogen-bond donors (Lipinski definition) is 0. The first-order valence-corrected chi connectivity index (χ1v) is 7.27. The smallest absolute Gasteiger partial charge is 0.149 e. The molecule has 0 radical (unpaired) electrons. The molecule has 2 rings (SSSR count). The number of benzene rings is 1. The molecule has 20 heavy (non-hydrogen) atoms. The van der Waals surface area contributed by atoms with Gasteiger partial charge in [0.15, 0.2) is 0 Å². The summed E-state index contributed by atoms with van der Waals surface area (Å²) < 4.78 is 0. The van der Waals surface area contributed by atoms with Crippen molar-refractivity contribution < 1.29 is 0 Å². The van der Waals surface area contributed by atoms with Crippen LogP contribution in [0.1, 0.15) is 16.7 Å². The van der Waals surface area contributed by atoms with Crippen LogP contribution in [0.2, 0.25) is 10.3 Å². The number of pyridine rings is 1. The van der Waals surface area contributed by atoms with Crippen LogP contribution in [-0.4, -0.2) is 4.98 Å². The lowest BCUT2D eigenvalue weighted by Crippen LogP contribution is -1.95. The van der Waals surface area contributed by atoms with Crippen molar-refractivity contribution in [3.05, 3.63) is 57.3 Å². The van der Waals surface area contributed by atoms with Gasteiger partial charge in [0.05, 0.1) is 0 Å². The topological polar surface area (TPSA) is 60.5 Å². The van der Waals surface area contributed by atoms with Crippen molar-refractivity contribution in [2.24, 2.45) is 0 Å². The maximum Gasteiger partial charge on any atom is 0.149 e. The van der Waals surface area contributed by atoms with E-state index < -0.39 is 0 Å². The van der Waals surface area contributed by atoms with Gasteiger partial charge in [-0.2, -0.15) is 10.5 Å². The maximum atomic E-state index is 9.17. The van der Waals surface area contributed by atoms with Gasteiger partial charge < -0.3 is 0 Å². The van der Waals surface area contributed by atoms with E-state index >= 15 is 0 Å². The maximum absolute atomic E-state index is 9.17. The molecule has 98 valence electrons. The molecule has 0 N–H and O–H groups in total. The van der Waals surface area contributed by atoms with Gasteiger partial charge >= 0.3 is 0 Å². The second-order valence-electron chi connectivity index (χ2n) is 3.77. The Morgan fingerprint density at radius 2 is 1.55 bits per heavy atom. The van der Waals surface area contributed by atoms with E-state index in [2.05, 4.69) is 4.98 Å². The van der Waals surface area contributed by atoms with Crippen LogP contribution in [0.25, 0.3) is 0 Å². The van der Waals surface area contributed by atoms with E-state index in [0.717, 1.165) is 5.56 Å². The van der Waals surface area contributed by atoms with Crippen LogP contribution in [0.3, 0.4) is 0 Å². The molecule has 0 aliphatic heterocycles. The van der Waals surface area contributed by atoms with E-state index in [1.807, 2.05) is 42.5 Å². The van der Waals surface area contributed by atoms with Crippen molar-refractivity contribution in [3.63, 3.8) is 0 Å². The zero-order chi connectivity index (χ0) is 14.5. The van der Waals surface area contributed by atoms with Crippen molar-refractivity contribution in [3.8, 4) is 12.1 Å². The largest absolute Gasteiger partial charge is 0.222 e. The Morgan fingerprint density at radius 1 is 1.00 bits per heavy atom. The highest BCUT2D eigenvalue weighted by atomic mass is 35.5. The zero-order valence-corrected chi connectivity index (χ0v) is 12.4. The molecule has 2 aromatic rings. The van der Waals surface area contributed by atoms with Gasteiger partial charge in [-0.05, 0) is 5.56 Å². The molecule has 0 spiro atoms. The lowest BCUT2D eigenvalue weighted by Gasteiger charge is -2.08. The highest BCUT2D eigenvalue weighted by Gasteiger charge is 2.18. The Kier molecular flexibility index (Phi) is 4.87. The molecule has 1 heterocycles. The number of rotatable bonds is 3.